The first-order valence-electron chi connectivity index (χ1n) is 7.01. The van der Waals surface area contributed by atoms with E-state index in [0.717, 1.165) is 11.1 Å². The molecule has 3 rings (SSSR count). The van der Waals surface area contributed by atoms with Crippen LogP contribution >= 0.6 is 0 Å². The molecule has 3 aromatic carbocycles. The van der Waals surface area contributed by atoms with Crippen LogP contribution in [0, 0.1) is 23.7 Å². The molecule has 0 aliphatic rings. The van der Waals surface area contributed by atoms with Gasteiger partial charge >= 0.3 is 0 Å². The fourth-order valence-corrected chi connectivity index (χ4v) is 2.58. The molecular weight excluding hydrogens is 298 g/mol. The van der Waals surface area contributed by atoms with Crippen molar-refractivity contribution in [2.45, 2.75) is 0 Å². The third-order valence-corrected chi connectivity index (χ3v) is 3.62. The van der Waals surface area contributed by atoms with Gasteiger partial charge in [-0.2, -0.15) is 5.26 Å². The summed E-state index contributed by atoms with van der Waals surface area (Å²) in [5.41, 5.74) is 2.56. The van der Waals surface area contributed by atoms with E-state index in [1.54, 1.807) is 0 Å². The van der Waals surface area contributed by atoms with E-state index < -0.39 is 5.82 Å². The maximum atomic E-state index is 14.5. The molecule has 0 bridgehead atoms. The van der Waals surface area contributed by atoms with Crippen molar-refractivity contribution in [3.05, 3.63) is 89.5 Å². The van der Waals surface area contributed by atoms with Crippen molar-refractivity contribution in [1.29, 1.82) is 5.26 Å². The lowest BCUT2D eigenvalue weighted by Crippen LogP contribution is -1.94. The predicted molar refractivity (Wildman–Crippen MR) is 94.0 cm³/mol. The first kappa shape index (κ1) is 17.0. The Labute approximate surface area is 142 Å². The summed E-state index contributed by atoms with van der Waals surface area (Å²) in [4.78, 5) is 3.22. The molecule has 0 amide bonds. The smallest absolute Gasteiger partial charge is 0.224 e. The van der Waals surface area contributed by atoms with Gasteiger partial charge in [0.15, 0.2) is 0 Å². The average molecular weight is 309 g/mol. The largest absolute Gasteiger partial charge is 0.235 e. The van der Waals surface area contributed by atoms with Gasteiger partial charge in [-0.15, -0.1) is 0 Å². The van der Waals surface area contributed by atoms with Crippen molar-refractivity contribution < 1.29 is 4.39 Å². The van der Waals surface area contributed by atoms with Gasteiger partial charge in [0.25, 0.3) is 0 Å². The Morgan fingerprint density at radius 1 is 0.917 bits per heavy atom. The zero-order chi connectivity index (χ0) is 16.2. The normalized spacial score (nSPS) is 9.46. The summed E-state index contributed by atoms with van der Waals surface area (Å²) in [6, 6.07) is 22.0. The second kappa shape index (κ2) is 7.27. The topological polar surface area (TPSA) is 28.1 Å². The van der Waals surface area contributed by atoms with E-state index >= 15 is 0 Å². The Kier molecular flexibility index (Phi) is 5.15. The highest BCUT2D eigenvalue weighted by atomic mass is 19.1. The number of nitrogens with zero attached hydrogens (tertiary/aromatic N) is 2. The maximum absolute atomic E-state index is 14.5. The average Bonchev–Trinajstić information content (AvgIpc) is 2.62. The molecule has 2 nitrogen and oxygen atoms in total. The van der Waals surface area contributed by atoms with Crippen molar-refractivity contribution in [3.8, 4) is 28.3 Å². The van der Waals surface area contributed by atoms with Crippen LogP contribution in [-0.4, -0.2) is 8.41 Å². The summed E-state index contributed by atoms with van der Waals surface area (Å²) in [5.74, 6) is -0.763. The lowest BCUT2D eigenvalue weighted by atomic mass is 9.90. The van der Waals surface area contributed by atoms with Crippen molar-refractivity contribution >= 4 is 14.1 Å². The minimum absolute atomic E-state index is 0. The molecule has 0 aliphatic heterocycles. The fourth-order valence-electron chi connectivity index (χ4n) is 2.58. The molecule has 0 unspecified atom stereocenters. The Morgan fingerprint density at radius 3 is 1.96 bits per heavy atom. The first-order chi connectivity index (χ1) is 11.3. The van der Waals surface area contributed by atoms with Crippen LogP contribution in [0.25, 0.3) is 27.1 Å². The molecular formula is C20H11BFN2. The van der Waals surface area contributed by atoms with Crippen molar-refractivity contribution in [2.24, 2.45) is 0 Å². The number of halogens is 1. The Bertz CT molecular complexity index is 939. The Hall–Kier alpha value is -3.37. The SMILES string of the molecule is [B].[C-]#[N+]c1cc(-c2ccccc2)c(-c2ccccc2)c(C#N)c1F. The van der Waals surface area contributed by atoms with E-state index in [-0.39, 0.29) is 19.7 Å². The maximum Gasteiger partial charge on any atom is 0.224 e. The molecule has 0 N–H and O–H groups in total. The summed E-state index contributed by atoms with van der Waals surface area (Å²) in [5, 5.41) is 9.46. The fraction of sp³-hybridized carbons (Fsp3) is 0. The van der Waals surface area contributed by atoms with Crippen molar-refractivity contribution in [2.75, 3.05) is 0 Å². The standard InChI is InChI=1S/C20H11FN2.B/c1-23-18-12-16(14-8-4-2-5-9-14)19(17(13-22)20(18)21)15-10-6-3-7-11-15;/h2-12H;. The van der Waals surface area contributed by atoms with Gasteiger partial charge in [-0.1, -0.05) is 60.7 Å². The summed E-state index contributed by atoms with van der Waals surface area (Å²) in [7, 11) is 0. The lowest BCUT2D eigenvalue weighted by Gasteiger charge is -2.14. The van der Waals surface area contributed by atoms with Gasteiger partial charge in [0, 0.05) is 14.0 Å². The Balaban J connectivity index is 0.00000208. The van der Waals surface area contributed by atoms with E-state index in [4.69, 9.17) is 6.57 Å². The zero-order valence-electron chi connectivity index (χ0n) is 12.7. The van der Waals surface area contributed by atoms with Crippen LogP contribution in [0.4, 0.5) is 10.1 Å². The minimum Gasteiger partial charge on any atom is -0.235 e. The second-order valence-electron chi connectivity index (χ2n) is 4.96. The van der Waals surface area contributed by atoms with Crippen molar-refractivity contribution in [1.82, 2.24) is 0 Å². The minimum atomic E-state index is -0.763. The van der Waals surface area contributed by atoms with Gasteiger partial charge in [-0.05, 0) is 22.8 Å². The number of hydrogen-bond donors (Lipinski definition) is 0. The molecule has 0 spiro atoms. The van der Waals surface area contributed by atoms with E-state index in [1.807, 2.05) is 66.7 Å². The molecule has 0 aromatic heterocycles. The van der Waals surface area contributed by atoms with Gasteiger partial charge in [-0.25, -0.2) is 9.24 Å². The molecule has 0 saturated heterocycles. The molecule has 0 aliphatic carbocycles. The number of hydrogen-bond acceptors (Lipinski definition) is 1. The molecule has 0 atom stereocenters. The quantitative estimate of drug-likeness (QED) is 0.472. The van der Waals surface area contributed by atoms with E-state index in [2.05, 4.69) is 4.85 Å². The van der Waals surface area contributed by atoms with Gasteiger partial charge in [0.1, 0.15) is 11.9 Å². The molecule has 111 valence electrons. The summed E-state index contributed by atoms with van der Waals surface area (Å²) in [6.07, 6.45) is 0. The zero-order valence-corrected chi connectivity index (χ0v) is 12.7. The van der Waals surface area contributed by atoms with Crippen LogP contribution in [0.2, 0.25) is 0 Å². The summed E-state index contributed by atoms with van der Waals surface area (Å²) < 4.78 is 14.5. The first-order valence-corrected chi connectivity index (χ1v) is 7.01. The van der Waals surface area contributed by atoms with Gasteiger partial charge in [-0.3, -0.25) is 0 Å². The van der Waals surface area contributed by atoms with E-state index in [1.165, 1.54) is 6.07 Å². The van der Waals surface area contributed by atoms with Gasteiger partial charge in [0.2, 0.25) is 5.69 Å². The third-order valence-electron chi connectivity index (χ3n) is 3.62. The van der Waals surface area contributed by atoms with Crippen LogP contribution in [-0.2, 0) is 0 Å². The van der Waals surface area contributed by atoms with E-state index in [9.17, 15) is 9.65 Å². The number of rotatable bonds is 2. The third kappa shape index (κ3) is 2.91. The highest BCUT2D eigenvalue weighted by molar-refractivity contribution is 5.90. The van der Waals surface area contributed by atoms with Crippen LogP contribution in [0.15, 0.2) is 66.7 Å². The van der Waals surface area contributed by atoms with Crippen LogP contribution in [0.5, 0.6) is 0 Å². The molecule has 4 heteroatoms. The van der Waals surface area contributed by atoms with Crippen LogP contribution < -0.4 is 0 Å². The van der Waals surface area contributed by atoms with Crippen LogP contribution in [0.1, 0.15) is 5.56 Å². The number of benzene rings is 3. The predicted octanol–water partition coefficient (Wildman–Crippen LogP) is 5.20. The monoisotopic (exact) mass is 309 g/mol. The molecule has 3 radical (unpaired) electrons. The molecule has 0 fully saturated rings. The second-order valence-corrected chi connectivity index (χ2v) is 4.96. The number of nitriles is 1. The molecule has 0 heterocycles. The van der Waals surface area contributed by atoms with Crippen molar-refractivity contribution in [3.63, 3.8) is 0 Å². The van der Waals surface area contributed by atoms with E-state index in [0.29, 0.717) is 11.1 Å². The lowest BCUT2D eigenvalue weighted by molar-refractivity contribution is 0.630. The summed E-state index contributed by atoms with van der Waals surface area (Å²) >= 11 is 0. The summed E-state index contributed by atoms with van der Waals surface area (Å²) in [6.45, 7) is 7.17. The van der Waals surface area contributed by atoms with Gasteiger partial charge in [0.05, 0.1) is 12.1 Å². The highest BCUT2D eigenvalue weighted by Gasteiger charge is 2.20. The molecule has 3 aromatic rings. The molecule has 0 saturated carbocycles. The Morgan fingerprint density at radius 2 is 1.46 bits per heavy atom. The molecule has 24 heavy (non-hydrogen) atoms. The van der Waals surface area contributed by atoms with Gasteiger partial charge < -0.3 is 0 Å². The van der Waals surface area contributed by atoms with Crippen LogP contribution in [0.3, 0.4) is 0 Å². The highest BCUT2D eigenvalue weighted by Crippen LogP contribution is 2.40.